The average Bonchev–Trinajstić information content (AvgIpc) is 2.85. The minimum atomic E-state index is -0.322. The van der Waals surface area contributed by atoms with Crippen LogP contribution in [-0.4, -0.2) is 42.0 Å². The van der Waals surface area contributed by atoms with Crippen LogP contribution < -0.4 is 16.0 Å². The monoisotopic (exact) mass is 452 g/mol. The molecule has 1 aromatic carbocycles. The van der Waals surface area contributed by atoms with Gasteiger partial charge in [-0.3, -0.25) is 14.6 Å². The van der Waals surface area contributed by atoms with Crippen molar-refractivity contribution in [3.8, 4) is 11.3 Å². The number of carbonyl (C=O) groups is 2. The zero-order chi connectivity index (χ0) is 23.2. The Morgan fingerprint density at radius 3 is 2.42 bits per heavy atom. The molecule has 2 aliphatic rings. The predicted octanol–water partition coefficient (Wildman–Crippen LogP) is 3.82. The first kappa shape index (κ1) is 23.4. The van der Waals surface area contributed by atoms with Gasteiger partial charge in [0.15, 0.2) is 0 Å². The van der Waals surface area contributed by atoms with Crippen LogP contribution in [0, 0.1) is 11.7 Å². The van der Waals surface area contributed by atoms with Crippen LogP contribution in [0.25, 0.3) is 11.3 Å². The molecule has 1 aromatic heterocycles. The molecule has 7 heteroatoms. The maximum atomic E-state index is 13.4. The average molecular weight is 453 g/mol. The third-order valence-corrected chi connectivity index (χ3v) is 7.01. The minimum absolute atomic E-state index is 0.0232. The van der Waals surface area contributed by atoms with E-state index in [4.69, 9.17) is 0 Å². The van der Waals surface area contributed by atoms with Gasteiger partial charge in [-0.25, -0.2) is 4.39 Å². The van der Waals surface area contributed by atoms with Crippen LogP contribution in [0.1, 0.15) is 61.7 Å². The Balaban J connectivity index is 1.29. The number of hydrogen-bond donors (Lipinski definition) is 3. The summed E-state index contributed by atoms with van der Waals surface area (Å²) in [6, 6.07) is 10.5. The van der Waals surface area contributed by atoms with E-state index in [1.54, 1.807) is 24.3 Å². The first-order valence-corrected chi connectivity index (χ1v) is 12.0. The normalized spacial score (nSPS) is 25.3. The number of carbonyl (C=O) groups excluding carboxylic acids is 2. The van der Waals surface area contributed by atoms with E-state index in [-0.39, 0.29) is 35.6 Å². The summed E-state index contributed by atoms with van der Waals surface area (Å²) in [6.07, 6.45) is 9.07. The number of rotatable bonds is 6. The molecule has 0 spiro atoms. The molecule has 0 unspecified atom stereocenters. The molecule has 2 aliphatic carbocycles. The molecule has 6 nitrogen and oxygen atoms in total. The smallest absolute Gasteiger partial charge is 0.253 e. The molecular formula is C26H33FN4O2. The number of pyridine rings is 1. The number of halogens is 1. The van der Waals surface area contributed by atoms with Gasteiger partial charge in [0, 0.05) is 35.8 Å². The summed E-state index contributed by atoms with van der Waals surface area (Å²) in [7, 11) is 1.99. The number of nitrogens with zero attached hydrogens (tertiary/aromatic N) is 1. The van der Waals surface area contributed by atoms with E-state index in [0.29, 0.717) is 29.3 Å². The van der Waals surface area contributed by atoms with Gasteiger partial charge in [-0.1, -0.05) is 18.6 Å². The number of nitrogens with one attached hydrogen (secondary N) is 3. The van der Waals surface area contributed by atoms with Gasteiger partial charge in [0.2, 0.25) is 5.91 Å². The summed E-state index contributed by atoms with van der Waals surface area (Å²) in [5.74, 6) is -0.440. The van der Waals surface area contributed by atoms with Gasteiger partial charge in [-0.2, -0.15) is 0 Å². The van der Waals surface area contributed by atoms with Crippen molar-refractivity contribution in [1.82, 2.24) is 20.9 Å². The van der Waals surface area contributed by atoms with Crippen molar-refractivity contribution in [2.45, 2.75) is 69.5 Å². The van der Waals surface area contributed by atoms with Crippen molar-refractivity contribution in [2.75, 3.05) is 7.05 Å². The van der Waals surface area contributed by atoms with Gasteiger partial charge in [-0.05, 0) is 76.3 Å². The lowest BCUT2D eigenvalue weighted by Crippen LogP contribution is -2.46. The van der Waals surface area contributed by atoms with Crippen molar-refractivity contribution in [3.05, 3.63) is 54.0 Å². The highest BCUT2D eigenvalue weighted by atomic mass is 19.1. The number of aromatic nitrogens is 1. The summed E-state index contributed by atoms with van der Waals surface area (Å²) in [6.45, 7) is 0. The summed E-state index contributed by atoms with van der Waals surface area (Å²) in [4.78, 5) is 29.9. The molecule has 2 atom stereocenters. The Kier molecular flexibility index (Phi) is 7.70. The lowest BCUT2D eigenvalue weighted by atomic mass is 9.84. The highest BCUT2D eigenvalue weighted by Gasteiger charge is 2.30. The van der Waals surface area contributed by atoms with Gasteiger partial charge in [0.1, 0.15) is 5.82 Å². The maximum Gasteiger partial charge on any atom is 0.253 e. The zero-order valence-corrected chi connectivity index (χ0v) is 19.1. The highest BCUT2D eigenvalue weighted by Crippen LogP contribution is 2.26. The van der Waals surface area contributed by atoms with E-state index >= 15 is 0 Å². The Morgan fingerprint density at radius 1 is 0.939 bits per heavy atom. The van der Waals surface area contributed by atoms with Gasteiger partial charge < -0.3 is 16.0 Å². The summed E-state index contributed by atoms with van der Waals surface area (Å²) < 4.78 is 13.4. The van der Waals surface area contributed by atoms with Crippen molar-refractivity contribution in [1.29, 1.82) is 0 Å². The van der Waals surface area contributed by atoms with Crippen molar-refractivity contribution >= 4 is 11.8 Å². The third-order valence-electron chi connectivity index (χ3n) is 7.01. The third kappa shape index (κ3) is 6.16. The van der Waals surface area contributed by atoms with E-state index in [1.807, 2.05) is 7.05 Å². The number of amides is 2. The molecule has 0 saturated heterocycles. The summed E-state index contributed by atoms with van der Waals surface area (Å²) >= 11 is 0. The van der Waals surface area contributed by atoms with Crippen LogP contribution in [-0.2, 0) is 4.79 Å². The van der Waals surface area contributed by atoms with Crippen molar-refractivity contribution in [2.24, 2.45) is 5.92 Å². The van der Waals surface area contributed by atoms with E-state index in [0.717, 1.165) is 44.9 Å². The summed E-state index contributed by atoms with van der Waals surface area (Å²) in [5.41, 5.74) is 1.75. The second-order valence-corrected chi connectivity index (χ2v) is 9.32. The Labute approximate surface area is 194 Å². The molecule has 0 bridgehead atoms. The van der Waals surface area contributed by atoms with Crippen molar-refractivity contribution in [3.63, 3.8) is 0 Å². The molecule has 176 valence electrons. The molecule has 2 amide bonds. The Bertz CT molecular complexity index is 957. The molecular weight excluding hydrogens is 419 g/mol. The number of benzene rings is 1. The molecule has 2 aromatic rings. The second-order valence-electron chi connectivity index (χ2n) is 9.32. The van der Waals surface area contributed by atoms with Gasteiger partial charge in [0.25, 0.3) is 5.91 Å². The van der Waals surface area contributed by atoms with E-state index in [1.165, 1.54) is 18.3 Å². The van der Waals surface area contributed by atoms with Crippen LogP contribution in [0.4, 0.5) is 4.39 Å². The Hall–Kier alpha value is -2.80. The minimum Gasteiger partial charge on any atom is -0.353 e. The van der Waals surface area contributed by atoms with Crippen LogP contribution in [0.5, 0.6) is 0 Å². The van der Waals surface area contributed by atoms with Crippen LogP contribution in [0.2, 0.25) is 0 Å². The molecule has 2 fully saturated rings. The first-order valence-electron chi connectivity index (χ1n) is 12.0. The van der Waals surface area contributed by atoms with E-state index < -0.39 is 0 Å². The second kappa shape index (κ2) is 10.9. The predicted molar refractivity (Wildman–Crippen MR) is 126 cm³/mol. The maximum absolute atomic E-state index is 13.4. The quantitative estimate of drug-likeness (QED) is 0.622. The molecule has 3 N–H and O–H groups in total. The number of hydrogen-bond acceptors (Lipinski definition) is 4. The van der Waals surface area contributed by atoms with Crippen LogP contribution in [0.15, 0.2) is 42.6 Å². The van der Waals surface area contributed by atoms with Gasteiger partial charge in [-0.15, -0.1) is 0 Å². The summed E-state index contributed by atoms with van der Waals surface area (Å²) in [5, 5.41) is 9.65. The molecule has 4 rings (SSSR count). The van der Waals surface area contributed by atoms with E-state index in [2.05, 4.69) is 20.9 Å². The fourth-order valence-electron chi connectivity index (χ4n) is 5.02. The largest absolute Gasteiger partial charge is 0.353 e. The lowest BCUT2D eigenvalue weighted by Gasteiger charge is -2.32. The highest BCUT2D eigenvalue weighted by molar-refractivity contribution is 5.94. The first-order chi connectivity index (χ1) is 16.0. The molecule has 1 heterocycles. The topological polar surface area (TPSA) is 83.1 Å². The zero-order valence-electron chi connectivity index (χ0n) is 19.1. The lowest BCUT2D eigenvalue weighted by molar-refractivity contribution is -0.127. The van der Waals surface area contributed by atoms with Crippen LogP contribution >= 0.6 is 0 Å². The molecule has 2 saturated carbocycles. The molecule has 0 aliphatic heterocycles. The Morgan fingerprint density at radius 2 is 1.73 bits per heavy atom. The SMILES string of the molecule is CN[C@H]1CC[C@H](NC(=O)[C@@H]2CCC[C@H](NC(=O)c3ccc(-c4cccc(F)c4)nc3)C2)CC1. The fourth-order valence-corrected chi connectivity index (χ4v) is 5.02. The van der Waals surface area contributed by atoms with Gasteiger partial charge in [0.05, 0.1) is 11.3 Å². The van der Waals surface area contributed by atoms with Gasteiger partial charge >= 0.3 is 0 Å². The standard InChI is InChI=1S/C26H33FN4O2/c1-28-21-9-11-22(12-10-21)30-25(32)18-5-3-7-23(15-18)31-26(33)19-8-13-24(29-16-19)17-4-2-6-20(27)14-17/h2,4,6,8,13-14,16,18,21-23,28H,3,5,7,9-12,15H2,1H3,(H,30,32)(H,31,33)/t18-,21-,22-,23+/m1/s1. The van der Waals surface area contributed by atoms with Crippen molar-refractivity contribution < 1.29 is 14.0 Å². The molecule has 0 radical (unpaired) electrons. The van der Waals surface area contributed by atoms with E-state index in [9.17, 15) is 14.0 Å². The molecule has 33 heavy (non-hydrogen) atoms. The fraction of sp³-hybridized carbons (Fsp3) is 0.500. The van der Waals surface area contributed by atoms with Crippen LogP contribution in [0.3, 0.4) is 0 Å².